The Hall–Kier alpha value is -2.10. The molecule has 0 amide bonds. The number of pyridine rings is 1. The third-order valence-electron chi connectivity index (χ3n) is 1.95. The number of aromatic nitrogens is 1. The molecule has 0 spiro atoms. The van der Waals surface area contributed by atoms with E-state index in [1.165, 1.54) is 6.07 Å². The van der Waals surface area contributed by atoms with Gasteiger partial charge in [0.25, 0.3) is 0 Å². The van der Waals surface area contributed by atoms with Gasteiger partial charge in [-0.2, -0.15) is 0 Å². The Morgan fingerprint density at radius 1 is 1.33 bits per heavy atom. The Morgan fingerprint density at radius 2 is 2.20 bits per heavy atom. The molecule has 4 heteroatoms. The number of furan rings is 1. The van der Waals surface area contributed by atoms with Crippen LogP contribution in [0.15, 0.2) is 40.9 Å². The van der Waals surface area contributed by atoms with E-state index in [0.29, 0.717) is 12.2 Å². The molecule has 4 nitrogen and oxygen atoms in total. The van der Waals surface area contributed by atoms with Crippen LogP contribution in [0.3, 0.4) is 0 Å². The normalized spacial score (nSPS) is 10.1. The second kappa shape index (κ2) is 3.96. The minimum absolute atomic E-state index is 0.0408. The predicted octanol–water partition coefficient (Wildman–Crippen LogP) is 1.96. The van der Waals surface area contributed by atoms with Gasteiger partial charge in [0, 0.05) is 18.3 Å². The Bertz CT molecular complexity index is 462. The number of carboxylic acids is 1. The Kier molecular flexibility index (Phi) is 2.49. The van der Waals surface area contributed by atoms with Gasteiger partial charge in [-0.25, -0.2) is 4.79 Å². The number of nitrogens with zero attached hydrogens (tertiary/aromatic N) is 1. The molecule has 2 aromatic heterocycles. The number of hydrogen-bond acceptors (Lipinski definition) is 3. The van der Waals surface area contributed by atoms with Crippen LogP contribution in [-0.2, 0) is 6.42 Å². The summed E-state index contributed by atoms with van der Waals surface area (Å²) in [6, 6.07) is 8.67. The van der Waals surface area contributed by atoms with Crippen molar-refractivity contribution >= 4 is 5.97 Å². The fourth-order valence-electron chi connectivity index (χ4n) is 1.27. The number of carbonyl (C=O) groups is 1. The minimum Gasteiger partial charge on any atom is -0.475 e. The molecule has 0 unspecified atom stereocenters. The molecule has 2 heterocycles. The summed E-state index contributed by atoms with van der Waals surface area (Å²) in [6.07, 6.45) is 2.20. The van der Waals surface area contributed by atoms with E-state index in [4.69, 9.17) is 9.52 Å². The van der Waals surface area contributed by atoms with Crippen LogP contribution in [0, 0.1) is 0 Å². The zero-order valence-corrected chi connectivity index (χ0v) is 7.88. The first-order chi connectivity index (χ1) is 7.25. The summed E-state index contributed by atoms with van der Waals surface area (Å²) in [5.41, 5.74) is 0.851. The van der Waals surface area contributed by atoms with Gasteiger partial charge < -0.3 is 9.52 Å². The molecule has 0 aromatic carbocycles. The monoisotopic (exact) mass is 203 g/mol. The van der Waals surface area contributed by atoms with Crippen molar-refractivity contribution in [2.75, 3.05) is 0 Å². The maximum Gasteiger partial charge on any atom is 0.371 e. The van der Waals surface area contributed by atoms with Gasteiger partial charge >= 0.3 is 5.97 Å². The van der Waals surface area contributed by atoms with E-state index in [2.05, 4.69) is 4.98 Å². The summed E-state index contributed by atoms with van der Waals surface area (Å²) in [7, 11) is 0. The molecule has 0 bridgehead atoms. The lowest BCUT2D eigenvalue weighted by atomic mass is 10.2. The number of rotatable bonds is 3. The van der Waals surface area contributed by atoms with Gasteiger partial charge in [0.05, 0.1) is 0 Å². The minimum atomic E-state index is -1.05. The van der Waals surface area contributed by atoms with Crippen LogP contribution in [0.25, 0.3) is 0 Å². The SMILES string of the molecule is O=C(O)c1ccc(Cc2ccccn2)o1. The molecule has 76 valence electrons. The molecule has 0 aliphatic rings. The first-order valence-electron chi connectivity index (χ1n) is 4.47. The summed E-state index contributed by atoms with van der Waals surface area (Å²) < 4.78 is 5.11. The Balaban J connectivity index is 2.15. The third kappa shape index (κ3) is 2.22. The lowest BCUT2D eigenvalue weighted by molar-refractivity contribution is 0.0660. The highest BCUT2D eigenvalue weighted by Gasteiger charge is 2.09. The highest BCUT2D eigenvalue weighted by atomic mass is 16.4. The van der Waals surface area contributed by atoms with E-state index in [1.807, 2.05) is 18.2 Å². The van der Waals surface area contributed by atoms with Crippen molar-refractivity contribution in [3.05, 3.63) is 53.7 Å². The first-order valence-corrected chi connectivity index (χ1v) is 4.47. The quantitative estimate of drug-likeness (QED) is 0.828. The van der Waals surface area contributed by atoms with Crippen LogP contribution in [0.1, 0.15) is 22.0 Å². The average Bonchev–Trinajstić information content (AvgIpc) is 2.68. The Morgan fingerprint density at radius 3 is 2.80 bits per heavy atom. The largest absolute Gasteiger partial charge is 0.475 e. The summed E-state index contributed by atoms with van der Waals surface area (Å²) in [5.74, 6) is -0.491. The van der Waals surface area contributed by atoms with Crippen molar-refractivity contribution in [1.29, 1.82) is 0 Å². The van der Waals surface area contributed by atoms with Gasteiger partial charge in [0.1, 0.15) is 5.76 Å². The summed E-state index contributed by atoms with van der Waals surface area (Å²) in [5, 5.41) is 8.65. The van der Waals surface area contributed by atoms with Gasteiger partial charge in [-0.05, 0) is 24.3 Å². The summed E-state index contributed by atoms with van der Waals surface area (Å²) >= 11 is 0. The standard InChI is InChI=1S/C11H9NO3/c13-11(14)10-5-4-9(15-10)7-8-3-1-2-6-12-8/h1-6H,7H2,(H,13,14). The zero-order chi connectivity index (χ0) is 10.7. The van der Waals surface area contributed by atoms with E-state index in [-0.39, 0.29) is 5.76 Å². The van der Waals surface area contributed by atoms with Gasteiger partial charge in [-0.1, -0.05) is 6.07 Å². The second-order valence-electron chi connectivity index (χ2n) is 3.07. The van der Waals surface area contributed by atoms with Gasteiger partial charge in [-0.15, -0.1) is 0 Å². The van der Waals surface area contributed by atoms with Crippen molar-refractivity contribution in [2.24, 2.45) is 0 Å². The van der Waals surface area contributed by atoms with E-state index < -0.39 is 5.97 Å². The van der Waals surface area contributed by atoms with Gasteiger partial charge in [-0.3, -0.25) is 4.98 Å². The maximum absolute atomic E-state index is 10.6. The van der Waals surface area contributed by atoms with E-state index in [9.17, 15) is 4.79 Å². The molecule has 0 atom stereocenters. The molecular weight excluding hydrogens is 194 g/mol. The van der Waals surface area contributed by atoms with Crippen molar-refractivity contribution in [1.82, 2.24) is 4.98 Å². The lowest BCUT2D eigenvalue weighted by Crippen LogP contribution is -1.92. The van der Waals surface area contributed by atoms with Crippen LogP contribution >= 0.6 is 0 Å². The molecule has 0 fully saturated rings. The molecule has 0 saturated heterocycles. The molecule has 2 aromatic rings. The summed E-state index contributed by atoms with van der Waals surface area (Å²) in [4.78, 5) is 14.7. The van der Waals surface area contributed by atoms with E-state index >= 15 is 0 Å². The molecule has 0 aliphatic heterocycles. The molecule has 2 rings (SSSR count). The van der Waals surface area contributed by atoms with Gasteiger partial charge in [0.15, 0.2) is 0 Å². The molecule has 0 radical (unpaired) electrons. The molecule has 1 N–H and O–H groups in total. The highest BCUT2D eigenvalue weighted by Crippen LogP contribution is 2.11. The number of carboxylic acid groups (broad SMARTS) is 1. The topological polar surface area (TPSA) is 63.3 Å². The van der Waals surface area contributed by atoms with Crippen molar-refractivity contribution in [2.45, 2.75) is 6.42 Å². The molecule has 0 saturated carbocycles. The molecule has 0 aliphatic carbocycles. The predicted molar refractivity (Wildman–Crippen MR) is 52.7 cm³/mol. The van der Waals surface area contributed by atoms with Crippen LogP contribution < -0.4 is 0 Å². The molecular formula is C11H9NO3. The third-order valence-corrected chi connectivity index (χ3v) is 1.95. The Labute approximate surface area is 86.2 Å². The van der Waals surface area contributed by atoms with Crippen molar-refractivity contribution in [3.63, 3.8) is 0 Å². The van der Waals surface area contributed by atoms with Crippen LogP contribution in [0.5, 0.6) is 0 Å². The van der Waals surface area contributed by atoms with Crippen LogP contribution in [0.4, 0.5) is 0 Å². The van der Waals surface area contributed by atoms with E-state index in [0.717, 1.165) is 5.69 Å². The lowest BCUT2D eigenvalue weighted by Gasteiger charge is -1.95. The average molecular weight is 203 g/mol. The first kappa shape index (κ1) is 9.45. The smallest absolute Gasteiger partial charge is 0.371 e. The maximum atomic E-state index is 10.6. The van der Waals surface area contributed by atoms with Crippen molar-refractivity contribution < 1.29 is 14.3 Å². The van der Waals surface area contributed by atoms with Crippen molar-refractivity contribution in [3.8, 4) is 0 Å². The highest BCUT2D eigenvalue weighted by molar-refractivity contribution is 5.84. The summed E-state index contributed by atoms with van der Waals surface area (Å²) in [6.45, 7) is 0. The number of aromatic carboxylic acids is 1. The van der Waals surface area contributed by atoms with Crippen LogP contribution in [0.2, 0.25) is 0 Å². The fraction of sp³-hybridized carbons (Fsp3) is 0.0909. The number of hydrogen-bond donors (Lipinski definition) is 1. The van der Waals surface area contributed by atoms with Crippen LogP contribution in [-0.4, -0.2) is 16.1 Å². The molecule has 15 heavy (non-hydrogen) atoms. The zero-order valence-electron chi connectivity index (χ0n) is 7.88. The van der Waals surface area contributed by atoms with Gasteiger partial charge in [0.2, 0.25) is 5.76 Å². The fourth-order valence-corrected chi connectivity index (χ4v) is 1.27. The second-order valence-corrected chi connectivity index (χ2v) is 3.07. The van der Waals surface area contributed by atoms with E-state index in [1.54, 1.807) is 12.3 Å².